The summed E-state index contributed by atoms with van der Waals surface area (Å²) in [7, 11) is 0. The van der Waals surface area contributed by atoms with E-state index in [0.717, 1.165) is 33.3 Å². The number of hydrogen-bond donors (Lipinski definition) is 0. The zero-order valence-corrected chi connectivity index (χ0v) is 27.0. The van der Waals surface area contributed by atoms with Crippen LogP contribution in [0.4, 0.5) is 0 Å². The molecule has 0 N–H and O–H groups in total. The van der Waals surface area contributed by atoms with Crippen molar-refractivity contribution >= 4 is 127 Å². The molecule has 2 nitrogen and oxygen atoms in total. The zero-order valence-electron chi connectivity index (χ0n) is 14.3. The van der Waals surface area contributed by atoms with Crippen LogP contribution >= 0.6 is 127 Å². The van der Waals surface area contributed by atoms with Gasteiger partial charge in [-0.1, -0.05) is 127 Å². The number of ether oxygens (including phenoxy) is 2. The minimum absolute atomic E-state index is 0.127. The molecule has 4 unspecified atom stereocenters. The molecule has 0 aromatic heterocycles. The first kappa shape index (κ1) is 26.0. The largest absolute Gasteiger partial charge is 0.369 e. The lowest BCUT2D eigenvalue weighted by Gasteiger charge is -2.32. The molecule has 0 saturated carbocycles. The summed E-state index contributed by atoms with van der Waals surface area (Å²) in [6, 6.07) is 0. The third kappa shape index (κ3) is 5.95. The van der Waals surface area contributed by atoms with E-state index >= 15 is 0 Å². The normalized spacial score (nSPS) is 34.7. The van der Waals surface area contributed by atoms with Gasteiger partial charge in [-0.2, -0.15) is 0 Å². The summed E-state index contributed by atoms with van der Waals surface area (Å²) in [6.45, 7) is 5.32. The van der Waals surface area contributed by atoms with Crippen molar-refractivity contribution in [3.63, 3.8) is 0 Å². The van der Waals surface area contributed by atoms with Gasteiger partial charge in [-0.25, -0.2) is 0 Å². The molecule has 0 aliphatic heterocycles. The SMILES string of the molecule is CC1(Br)C(Br)=CC(OCCCOC2C=C(Br)C(C)(Br)C(Br)=C2Br)C(Br)=C1Br. The Kier molecular flexibility index (Phi) is 10.2. The third-order valence-electron chi connectivity index (χ3n) is 4.12. The fourth-order valence-electron chi connectivity index (χ4n) is 2.36. The number of allylic oxidation sites excluding steroid dienone is 4. The van der Waals surface area contributed by atoms with Crippen LogP contribution in [0.25, 0.3) is 0 Å². The van der Waals surface area contributed by atoms with Crippen LogP contribution < -0.4 is 0 Å². The van der Waals surface area contributed by atoms with Crippen molar-refractivity contribution in [2.45, 2.75) is 41.1 Å². The Labute approximate surface area is 227 Å². The molecule has 0 bridgehead atoms. The predicted octanol–water partition coefficient (Wildman–Crippen LogP) is 9.04. The van der Waals surface area contributed by atoms with Gasteiger partial charge in [-0.15, -0.1) is 0 Å². The molecule has 4 atom stereocenters. The quantitative estimate of drug-likeness (QED) is 0.196. The highest BCUT2D eigenvalue weighted by atomic mass is 79.9. The fraction of sp³-hybridized carbons (Fsp3) is 0.529. The second-order valence-electron chi connectivity index (χ2n) is 6.30. The van der Waals surface area contributed by atoms with Crippen LogP contribution in [-0.2, 0) is 9.47 Å². The van der Waals surface area contributed by atoms with E-state index in [4.69, 9.17) is 9.47 Å². The van der Waals surface area contributed by atoms with Crippen molar-refractivity contribution in [3.8, 4) is 0 Å². The smallest absolute Gasteiger partial charge is 0.109 e. The maximum Gasteiger partial charge on any atom is 0.109 e. The number of halogens is 8. The van der Waals surface area contributed by atoms with Crippen molar-refractivity contribution in [2.24, 2.45) is 0 Å². The molecule has 2 aliphatic rings. The molecule has 0 aromatic carbocycles. The van der Waals surface area contributed by atoms with E-state index < -0.39 is 0 Å². The molecule has 0 fully saturated rings. The van der Waals surface area contributed by atoms with E-state index in [1.807, 2.05) is 0 Å². The Morgan fingerprint density at radius 1 is 0.741 bits per heavy atom. The fourth-order valence-corrected chi connectivity index (χ4v) is 7.19. The highest BCUT2D eigenvalue weighted by molar-refractivity contribution is 9.17. The van der Waals surface area contributed by atoms with Crippen LogP contribution in [0.2, 0.25) is 0 Å². The monoisotopic (exact) mass is 883 g/mol. The Morgan fingerprint density at radius 3 is 1.41 bits per heavy atom. The lowest BCUT2D eigenvalue weighted by Crippen LogP contribution is -2.28. The molecule has 2 aliphatic carbocycles. The highest BCUT2D eigenvalue weighted by Crippen LogP contribution is 2.49. The molecule has 10 heteroatoms. The molecule has 0 radical (unpaired) electrons. The molecular formula is C17H16Br8O2. The summed E-state index contributed by atoms with van der Waals surface area (Å²) in [6.07, 6.45) is 4.64. The van der Waals surface area contributed by atoms with Gasteiger partial charge in [0.05, 0.1) is 21.9 Å². The van der Waals surface area contributed by atoms with Crippen LogP contribution in [0.1, 0.15) is 20.3 Å². The van der Waals surface area contributed by atoms with Gasteiger partial charge in [-0.3, -0.25) is 0 Å². The van der Waals surface area contributed by atoms with E-state index in [2.05, 4.69) is 153 Å². The van der Waals surface area contributed by atoms with Gasteiger partial charge in [0.1, 0.15) is 12.2 Å². The van der Waals surface area contributed by atoms with Gasteiger partial charge in [0.15, 0.2) is 0 Å². The Bertz CT molecular complexity index is 660. The molecule has 0 saturated heterocycles. The lowest BCUT2D eigenvalue weighted by atomic mass is 10.0. The van der Waals surface area contributed by atoms with Crippen molar-refractivity contribution in [1.29, 1.82) is 0 Å². The standard InChI is InChI=1S/C17H16Br8O2/c1-16(24)10(18)6-8(12(20)14(16)22)26-4-3-5-27-9-7-11(19)17(2,25)15(23)13(9)21/h6-9H,3-5H2,1-2H3. The molecule has 152 valence electrons. The van der Waals surface area contributed by atoms with Crippen molar-refractivity contribution in [1.82, 2.24) is 0 Å². The first-order valence-corrected chi connectivity index (χ1v) is 14.2. The summed E-state index contributed by atoms with van der Waals surface area (Å²) in [5, 5.41) is 0. The average molecular weight is 892 g/mol. The van der Waals surface area contributed by atoms with Crippen LogP contribution in [0, 0.1) is 0 Å². The van der Waals surface area contributed by atoms with Crippen LogP contribution in [-0.4, -0.2) is 34.1 Å². The van der Waals surface area contributed by atoms with Crippen molar-refractivity contribution in [3.05, 3.63) is 39.0 Å². The summed E-state index contributed by atoms with van der Waals surface area (Å²) in [5.41, 5.74) is 0. The van der Waals surface area contributed by atoms with Gasteiger partial charge >= 0.3 is 0 Å². The Balaban J connectivity index is 1.85. The Hall–Kier alpha value is 2.72. The number of alkyl halides is 2. The maximum absolute atomic E-state index is 6.01. The van der Waals surface area contributed by atoms with Crippen molar-refractivity contribution in [2.75, 3.05) is 13.2 Å². The predicted molar refractivity (Wildman–Crippen MR) is 143 cm³/mol. The minimum Gasteiger partial charge on any atom is -0.369 e. The molecule has 2 rings (SSSR count). The first-order chi connectivity index (χ1) is 12.4. The molecule has 0 spiro atoms. The van der Waals surface area contributed by atoms with E-state index in [-0.39, 0.29) is 20.9 Å². The van der Waals surface area contributed by atoms with E-state index in [0.29, 0.717) is 13.2 Å². The van der Waals surface area contributed by atoms with E-state index in [1.54, 1.807) is 0 Å². The number of hydrogen-bond acceptors (Lipinski definition) is 2. The van der Waals surface area contributed by atoms with Gasteiger partial charge in [0, 0.05) is 26.9 Å². The van der Waals surface area contributed by atoms with E-state index in [9.17, 15) is 0 Å². The molecule has 0 heterocycles. The third-order valence-corrected chi connectivity index (χ3v) is 15.2. The molecule has 27 heavy (non-hydrogen) atoms. The van der Waals surface area contributed by atoms with E-state index in [1.165, 1.54) is 0 Å². The van der Waals surface area contributed by atoms with Crippen LogP contribution in [0.5, 0.6) is 0 Å². The minimum atomic E-state index is -0.272. The summed E-state index contributed by atoms with van der Waals surface area (Å²) < 4.78 is 17.5. The zero-order chi connectivity index (χ0) is 20.6. The van der Waals surface area contributed by atoms with Gasteiger partial charge in [0.2, 0.25) is 0 Å². The van der Waals surface area contributed by atoms with Gasteiger partial charge < -0.3 is 9.47 Å². The maximum atomic E-state index is 6.01. The topological polar surface area (TPSA) is 18.5 Å². The molecule has 0 amide bonds. The second-order valence-corrected chi connectivity index (χ2v) is 14.5. The van der Waals surface area contributed by atoms with Crippen LogP contribution in [0.15, 0.2) is 39.0 Å². The van der Waals surface area contributed by atoms with Crippen molar-refractivity contribution < 1.29 is 9.47 Å². The number of rotatable bonds is 6. The molecular weight excluding hydrogens is 875 g/mol. The summed E-state index contributed by atoms with van der Waals surface area (Å²) >= 11 is 29.2. The summed E-state index contributed by atoms with van der Waals surface area (Å²) in [5.74, 6) is 0. The summed E-state index contributed by atoms with van der Waals surface area (Å²) in [4.78, 5) is 0. The highest BCUT2D eigenvalue weighted by Gasteiger charge is 2.37. The molecule has 0 aromatic rings. The average Bonchev–Trinajstić information content (AvgIpc) is 2.60. The van der Waals surface area contributed by atoms with Crippen LogP contribution in [0.3, 0.4) is 0 Å². The lowest BCUT2D eigenvalue weighted by molar-refractivity contribution is 0.0622. The first-order valence-electron chi connectivity index (χ1n) is 7.88. The second kappa shape index (κ2) is 10.6. The Morgan fingerprint density at radius 2 is 1.07 bits per heavy atom. The van der Waals surface area contributed by atoms with Gasteiger partial charge in [-0.05, 0) is 32.4 Å². The van der Waals surface area contributed by atoms with Gasteiger partial charge in [0.25, 0.3) is 0 Å².